The molecule has 4 heteroatoms. The molecule has 0 bridgehead atoms. The van der Waals surface area contributed by atoms with Crippen molar-refractivity contribution in [3.05, 3.63) is 24.8 Å². The van der Waals surface area contributed by atoms with Crippen molar-refractivity contribution in [3.63, 3.8) is 0 Å². The van der Waals surface area contributed by atoms with Gasteiger partial charge in [0.2, 0.25) is 0 Å². The van der Waals surface area contributed by atoms with E-state index in [0.717, 1.165) is 6.42 Å². The lowest BCUT2D eigenvalue weighted by atomic mass is 10.1. The molecule has 0 unspecified atom stereocenters. The van der Waals surface area contributed by atoms with Crippen LogP contribution < -0.4 is 0 Å². The summed E-state index contributed by atoms with van der Waals surface area (Å²) >= 11 is 5.10. The van der Waals surface area contributed by atoms with Crippen LogP contribution in [0, 0.1) is 0 Å². The van der Waals surface area contributed by atoms with Crippen molar-refractivity contribution in [2.75, 3.05) is 13.2 Å². The number of hydrogen-bond acceptors (Lipinski definition) is 3. The molecular weight excluding hydrogens is 216 g/mol. The molecule has 0 atom stereocenters. The number of carbonyl (C=O) groups excluding carboxylic acids is 1. The fourth-order valence-electron chi connectivity index (χ4n) is 0.908. The molecular formula is C11H17ClO3. The Morgan fingerprint density at radius 2 is 2.20 bits per heavy atom. The SMILES string of the molecule is C=C/C=C/CCOCC(C)(C)OC(=O)Cl. The summed E-state index contributed by atoms with van der Waals surface area (Å²) in [5.41, 5.74) is -1.49. The fourth-order valence-corrected chi connectivity index (χ4v) is 1.12. The Balaban J connectivity index is 3.61. The molecule has 0 saturated carbocycles. The van der Waals surface area contributed by atoms with Crippen LogP contribution in [0.5, 0.6) is 0 Å². The summed E-state index contributed by atoms with van der Waals surface area (Å²) in [7, 11) is 0. The Morgan fingerprint density at radius 1 is 1.53 bits per heavy atom. The number of rotatable bonds is 7. The molecule has 0 amide bonds. The van der Waals surface area contributed by atoms with Crippen LogP contribution in [0.3, 0.4) is 0 Å². The first-order valence-corrected chi connectivity index (χ1v) is 5.09. The summed E-state index contributed by atoms with van der Waals surface area (Å²) in [5.74, 6) is 0. The van der Waals surface area contributed by atoms with E-state index >= 15 is 0 Å². The molecule has 0 N–H and O–H groups in total. The number of allylic oxidation sites excluding steroid dienone is 2. The molecule has 0 aliphatic heterocycles. The Labute approximate surface area is 95.7 Å². The second-order valence-corrected chi connectivity index (χ2v) is 3.91. The van der Waals surface area contributed by atoms with Crippen molar-refractivity contribution >= 4 is 17.0 Å². The number of halogens is 1. The largest absolute Gasteiger partial charge is 0.445 e. The zero-order valence-electron chi connectivity index (χ0n) is 9.16. The van der Waals surface area contributed by atoms with Gasteiger partial charge >= 0.3 is 5.43 Å². The molecule has 0 heterocycles. The number of ether oxygens (including phenoxy) is 2. The third-order valence-corrected chi connectivity index (χ3v) is 1.58. The minimum Gasteiger partial charge on any atom is -0.445 e. The molecule has 0 aliphatic carbocycles. The molecule has 3 nitrogen and oxygen atoms in total. The summed E-state index contributed by atoms with van der Waals surface area (Å²) in [6.07, 6.45) is 6.32. The lowest BCUT2D eigenvalue weighted by molar-refractivity contribution is -0.0229. The Morgan fingerprint density at radius 3 is 2.73 bits per heavy atom. The highest BCUT2D eigenvalue weighted by molar-refractivity contribution is 6.61. The predicted molar refractivity (Wildman–Crippen MR) is 61.2 cm³/mol. The van der Waals surface area contributed by atoms with Crippen LogP contribution in [0.1, 0.15) is 20.3 Å². The van der Waals surface area contributed by atoms with Gasteiger partial charge in [-0.25, -0.2) is 4.79 Å². The topological polar surface area (TPSA) is 35.5 Å². The van der Waals surface area contributed by atoms with E-state index in [9.17, 15) is 4.79 Å². The highest BCUT2D eigenvalue weighted by Gasteiger charge is 2.21. The zero-order valence-corrected chi connectivity index (χ0v) is 9.92. The van der Waals surface area contributed by atoms with Crippen LogP contribution in [-0.2, 0) is 9.47 Å². The van der Waals surface area contributed by atoms with Crippen LogP contribution >= 0.6 is 11.6 Å². The number of carbonyl (C=O) groups is 1. The maximum Gasteiger partial charge on any atom is 0.404 e. The van der Waals surface area contributed by atoms with Gasteiger partial charge in [0.05, 0.1) is 13.2 Å². The van der Waals surface area contributed by atoms with E-state index in [4.69, 9.17) is 21.1 Å². The van der Waals surface area contributed by atoms with Crippen LogP contribution in [-0.4, -0.2) is 24.2 Å². The van der Waals surface area contributed by atoms with Gasteiger partial charge in [-0.1, -0.05) is 24.8 Å². The van der Waals surface area contributed by atoms with E-state index in [0.29, 0.717) is 13.2 Å². The van der Waals surface area contributed by atoms with E-state index in [1.54, 1.807) is 19.9 Å². The predicted octanol–water partition coefficient (Wildman–Crippen LogP) is 3.29. The average molecular weight is 233 g/mol. The Bertz CT molecular complexity index is 234. The molecule has 0 spiro atoms. The normalized spacial score (nSPS) is 11.7. The maximum atomic E-state index is 10.5. The highest BCUT2D eigenvalue weighted by atomic mass is 35.5. The summed E-state index contributed by atoms with van der Waals surface area (Å²) in [6.45, 7) is 7.94. The lowest BCUT2D eigenvalue weighted by Gasteiger charge is -2.23. The summed E-state index contributed by atoms with van der Waals surface area (Å²) < 4.78 is 10.2. The third-order valence-electron chi connectivity index (χ3n) is 1.51. The molecule has 0 saturated heterocycles. The number of hydrogen-bond donors (Lipinski definition) is 0. The van der Waals surface area contributed by atoms with E-state index in [2.05, 4.69) is 6.58 Å². The molecule has 0 aromatic carbocycles. The van der Waals surface area contributed by atoms with Gasteiger partial charge < -0.3 is 9.47 Å². The van der Waals surface area contributed by atoms with Crippen LogP contribution in [0.25, 0.3) is 0 Å². The molecule has 15 heavy (non-hydrogen) atoms. The van der Waals surface area contributed by atoms with E-state index < -0.39 is 11.0 Å². The van der Waals surface area contributed by atoms with Crippen molar-refractivity contribution in [1.82, 2.24) is 0 Å². The molecule has 0 rings (SSSR count). The van der Waals surface area contributed by atoms with Gasteiger partial charge in [0.25, 0.3) is 0 Å². The minimum absolute atomic E-state index is 0.327. The van der Waals surface area contributed by atoms with E-state index in [-0.39, 0.29) is 0 Å². The van der Waals surface area contributed by atoms with Gasteiger partial charge in [-0.15, -0.1) is 0 Å². The molecule has 0 fully saturated rings. The first kappa shape index (κ1) is 14.2. The Hall–Kier alpha value is -0.800. The monoisotopic (exact) mass is 232 g/mol. The molecule has 0 aromatic heterocycles. The fraction of sp³-hybridized carbons (Fsp3) is 0.545. The van der Waals surface area contributed by atoms with Crippen LogP contribution in [0.4, 0.5) is 4.79 Å². The molecule has 0 aliphatic rings. The molecule has 0 aromatic rings. The van der Waals surface area contributed by atoms with Gasteiger partial charge in [0.15, 0.2) is 0 Å². The van der Waals surface area contributed by atoms with E-state index in [1.165, 1.54) is 0 Å². The van der Waals surface area contributed by atoms with Crippen molar-refractivity contribution in [1.29, 1.82) is 0 Å². The smallest absolute Gasteiger partial charge is 0.404 e. The van der Waals surface area contributed by atoms with Crippen molar-refractivity contribution in [3.8, 4) is 0 Å². The first-order chi connectivity index (χ1) is 6.98. The summed E-state index contributed by atoms with van der Waals surface area (Å²) in [4.78, 5) is 10.5. The summed E-state index contributed by atoms with van der Waals surface area (Å²) in [6, 6.07) is 0. The minimum atomic E-state index is -0.810. The van der Waals surface area contributed by atoms with Crippen LogP contribution in [0.15, 0.2) is 24.8 Å². The zero-order chi connectivity index (χ0) is 11.7. The average Bonchev–Trinajstić information content (AvgIpc) is 2.08. The quantitative estimate of drug-likeness (QED) is 0.384. The van der Waals surface area contributed by atoms with Crippen LogP contribution in [0.2, 0.25) is 0 Å². The molecule has 0 radical (unpaired) electrons. The van der Waals surface area contributed by atoms with E-state index in [1.807, 2.05) is 12.2 Å². The second kappa shape index (κ2) is 7.49. The van der Waals surface area contributed by atoms with Gasteiger partial charge in [-0.2, -0.15) is 0 Å². The van der Waals surface area contributed by atoms with Crippen molar-refractivity contribution in [2.45, 2.75) is 25.9 Å². The highest BCUT2D eigenvalue weighted by Crippen LogP contribution is 2.11. The first-order valence-electron chi connectivity index (χ1n) is 4.72. The van der Waals surface area contributed by atoms with Gasteiger partial charge in [-0.05, 0) is 20.3 Å². The van der Waals surface area contributed by atoms with Crippen molar-refractivity contribution in [2.24, 2.45) is 0 Å². The summed E-state index contributed by atoms with van der Waals surface area (Å²) in [5, 5.41) is 0. The standard InChI is InChI=1S/C11H17ClO3/c1-4-5-6-7-8-14-9-11(2,3)15-10(12)13/h4-6H,1,7-9H2,2-3H3/b6-5+. The van der Waals surface area contributed by atoms with Gasteiger partial charge in [0, 0.05) is 11.6 Å². The Kier molecular flexibility index (Phi) is 7.09. The van der Waals surface area contributed by atoms with Crippen molar-refractivity contribution < 1.29 is 14.3 Å². The van der Waals surface area contributed by atoms with Gasteiger partial charge in [-0.3, -0.25) is 0 Å². The maximum absolute atomic E-state index is 10.5. The third kappa shape index (κ3) is 9.50. The lowest BCUT2D eigenvalue weighted by Crippen LogP contribution is -2.31. The second-order valence-electron chi connectivity index (χ2n) is 3.60. The van der Waals surface area contributed by atoms with Gasteiger partial charge in [0.1, 0.15) is 5.60 Å². The molecule has 86 valence electrons.